The molecule has 2 N–H and O–H groups in total. The second-order valence-electron chi connectivity index (χ2n) is 11.0. The summed E-state index contributed by atoms with van der Waals surface area (Å²) >= 11 is 0. The highest BCUT2D eigenvalue weighted by Gasteiger charge is 2.50. The lowest BCUT2D eigenvalue weighted by Gasteiger charge is -2.43. The quantitative estimate of drug-likeness (QED) is 0.323. The molecule has 3 aromatic rings. The summed E-state index contributed by atoms with van der Waals surface area (Å²) in [5, 5.41) is 2.43. The van der Waals surface area contributed by atoms with Crippen molar-refractivity contribution in [3.63, 3.8) is 0 Å². The minimum Gasteiger partial charge on any atom is -0.406 e. The SMILES string of the molecule is CC(C)(C)[Si](OCCN1CCN(Cc2ccc(N)cc2C(F)(F)F)CC1)(c1ccccc1)c1ccccc1. The summed E-state index contributed by atoms with van der Waals surface area (Å²) in [6.07, 6.45) is -4.41. The van der Waals surface area contributed by atoms with Crippen molar-refractivity contribution in [3.8, 4) is 0 Å². The highest BCUT2D eigenvalue weighted by molar-refractivity contribution is 6.99. The van der Waals surface area contributed by atoms with Gasteiger partial charge in [-0.05, 0) is 33.1 Å². The fraction of sp³-hybridized carbons (Fsp3) is 0.400. The van der Waals surface area contributed by atoms with Crippen LogP contribution < -0.4 is 16.1 Å². The van der Waals surface area contributed by atoms with E-state index in [0.29, 0.717) is 19.7 Å². The third kappa shape index (κ3) is 6.31. The molecular weight excluding hydrogens is 503 g/mol. The Bertz CT molecular complexity index is 1140. The molecule has 0 saturated carbocycles. The summed E-state index contributed by atoms with van der Waals surface area (Å²) in [7, 11) is -2.58. The van der Waals surface area contributed by atoms with Crippen LogP contribution in [0.25, 0.3) is 0 Å². The normalized spacial score (nSPS) is 16.1. The van der Waals surface area contributed by atoms with Gasteiger partial charge < -0.3 is 10.2 Å². The summed E-state index contributed by atoms with van der Waals surface area (Å²) in [6, 6.07) is 25.3. The molecule has 0 aliphatic carbocycles. The second-order valence-corrected chi connectivity index (χ2v) is 15.3. The molecule has 1 aliphatic rings. The van der Waals surface area contributed by atoms with Gasteiger partial charge in [-0.2, -0.15) is 13.2 Å². The zero-order chi connectivity index (χ0) is 27.4. The molecular formula is C30H38F3N3OSi. The lowest BCUT2D eigenvalue weighted by atomic mass is 10.1. The van der Waals surface area contributed by atoms with Crippen LogP contribution in [-0.4, -0.2) is 57.4 Å². The number of anilines is 1. The Morgan fingerprint density at radius 1 is 0.789 bits per heavy atom. The maximum Gasteiger partial charge on any atom is 0.416 e. The van der Waals surface area contributed by atoms with Crippen molar-refractivity contribution in [2.24, 2.45) is 0 Å². The van der Waals surface area contributed by atoms with Gasteiger partial charge in [0.2, 0.25) is 0 Å². The van der Waals surface area contributed by atoms with E-state index in [4.69, 9.17) is 10.2 Å². The molecule has 0 atom stereocenters. The topological polar surface area (TPSA) is 41.7 Å². The highest BCUT2D eigenvalue weighted by Crippen LogP contribution is 2.37. The van der Waals surface area contributed by atoms with Gasteiger partial charge in [0.15, 0.2) is 0 Å². The summed E-state index contributed by atoms with van der Waals surface area (Å²) in [6.45, 7) is 11.5. The van der Waals surface area contributed by atoms with E-state index in [1.54, 1.807) is 6.07 Å². The van der Waals surface area contributed by atoms with Gasteiger partial charge in [0.25, 0.3) is 8.32 Å². The van der Waals surface area contributed by atoms with E-state index in [2.05, 4.69) is 79.1 Å². The van der Waals surface area contributed by atoms with Crippen LogP contribution in [0.4, 0.5) is 18.9 Å². The largest absolute Gasteiger partial charge is 0.416 e. The number of hydrogen-bond donors (Lipinski definition) is 1. The molecule has 1 saturated heterocycles. The van der Waals surface area contributed by atoms with E-state index in [9.17, 15) is 13.2 Å². The Hall–Kier alpha value is -2.65. The maximum absolute atomic E-state index is 13.5. The molecule has 38 heavy (non-hydrogen) atoms. The molecule has 1 fully saturated rings. The molecule has 3 aromatic carbocycles. The number of rotatable bonds is 8. The Morgan fingerprint density at radius 2 is 1.32 bits per heavy atom. The third-order valence-electron chi connectivity index (χ3n) is 7.44. The van der Waals surface area contributed by atoms with Crippen molar-refractivity contribution in [3.05, 3.63) is 90.0 Å². The molecule has 8 heteroatoms. The third-order valence-corrected chi connectivity index (χ3v) is 12.5. The number of benzene rings is 3. The van der Waals surface area contributed by atoms with Crippen LogP contribution in [0, 0.1) is 0 Å². The number of nitrogens with zero attached hydrogens (tertiary/aromatic N) is 2. The van der Waals surface area contributed by atoms with E-state index in [-0.39, 0.29) is 22.8 Å². The van der Waals surface area contributed by atoms with Gasteiger partial charge in [0, 0.05) is 51.6 Å². The first-order valence-corrected chi connectivity index (χ1v) is 15.1. The minimum absolute atomic E-state index is 0.0797. The zero-order valence-corrected chi connectivity index (χ0v) is 23.5. The molecule has 4 rings (SSSR count). The first kappa shape index (κ1) is 28.4. The van der Waals surface area contributed by atoms with Gasteiger partial charge in [-0.1, -0.05) is 87.5 Å². The van der Waals surface area contributed by atoms with E-state index in [0.717, 1.165) is 25.7 Å². The van der Waals surface area contributed by atoms with Crippen LogP contribution in [0.1, 0.15) is 31.9 Å². The van der Waals surface area contributed by atoms with Gasteiger partial charge >= 0.3 is 6.18 Å². The van der Waals surface area contributed by atoms with Crippen molar-refractivity contribution in [2.75, 3.05) is 45.1 Å². The lowest BCUT2D eigenvalue weighted by molar-refractivity contribution is -0.138. The van der Waals surface area contributed by atoms with Crippen molar-refractivity contribution in [2.45, 2.75) is 38.5 Å². The summed E-state index contributed by atoms with van der Waals surface area (Å²) in [5.74, 6) is 0. The molecule has 0 bridgehead atoms. The van der Waals surface area contributed by atoms with Crippen LogP contribution in [0.3, 0.4) is 0 Å². The summed E-state index contributed by atoms with van der Waals surface area (Å²) < 4.78 is 47.6. The van der Waals surface area contributed by atoms with Crippen LogP contribution in [0.15, 0.2) is 78.9 Å². The number of nitrogen functional groups attached to an aromatic ring is 1. The molecule has 1 aliphatic heterocycles. The van der Waals surface area contributed by atoms with E-state index < -0.39 is 20.1 Å². The fourth-order valence-electron chi connectivity index (χ4n) is 5.50. The Balaban J connectivity index is 1.41. The Labute approximate surface area is 225 Å². The second kappa shape index (κ2) is 11.6. The van der Waals surface area contributed by atoms with Crippen LogP contribution in [0.2, 0.25) is 5.04 Å². The van der Waals surface area contributed by atoms with Gasteiger partial charge in [0.05, 0.1) is 5.56 Å². The number of halogens is 3. The number of alkyl halides is 3. The van der Waals surface area contributed by atoms with Crippen LogP contribution >= 0.6 is 0 Å². The van der Waals surface area contributed by atoms with Gasteiger partial charge in [0.1, 0.15) is 0 Å². The molecule has 0 amide bonds. The van der Waals surface area contributed by atoms with Crippen LogP contribution in [0.5, 0.6) is 0 Å². The lowest BCUT2D eigenvalue weighted by Crippen LogP contribution is -2.67. The Kier molecular flexibility index (Phi) is 8.67. The molecule has 4 nitrogen and oxygen atoms in total. The standard InChI is InChI=1S/C30H38F3N3OSi/c1-29(2,3)38(26-10-6-4-7-11-26,27-12-8-5-9-13-27)37-21-20-35-16-18-36(19-17-35)23-24-14-15-25(34)22-28(24)30(31,32)33/h4-15,22H,16-21,23,34H2,1-3H3. The van der Waals surface area contributed by atoms with E-state index >= 15 is 0 Å². The molecule has 0 spiro atoms. The van der Waals surface area contributed by atoms with Crippen molar-refractivity contribution < 1.29 is 17.6 Å². The highest BCUT2D eigenvalue weighted by atomic mass is 28.4. The Morgan fingerprint density at radius 3 is 1.82 bits per heavy atom. The summed E-state index contributed by atoms with van der Waals surface area (Å²) in [5.41, 5.74) is 5.39. The average Bonchev–Trinajstić information content (AvgIpc) is 2.88. The smallest absolute Gasteiger partial charge is 0.406 e. The summed E-state index contributed by atoms with van der Waals surface area (Å²) in [4.78, 5) is 4.43. The van der Waals surface area contributed by atoms with Crippen molar-refractivity contribution >= 4 is 24.4 Å². The number of hydrogen-bond acceptors (Lipinski definition) is 4. The van der Waals surface area contributed by atoms with Crippen LogP contribution in [-0.2, 0) is 17.1 Å². The fourth-order valence-corrected chi connectivity index (χ4v) is 10.1. The average molecular weight is 542 g/mol. The van der Waals surface area contributed by atoms with E-state index in [1.807, 2.05) is 12.1 Å². The van der Waals surface area contributed by atoms with E-state index in [1.165, 1.54) is 16.4 Å². The minimum atomic E-state index is -4.41. The number of piperazine rings is 1. The van der Waals surface area contributed by atoms with Crippen molar-refractivity contribution in [1.82, 2.24) is 9.80 Å². The molecule has 0 aromatic heterocycles. The number of nitrogens with two attached hydrogens (primary N) is 1. The predicted octanol–water partition coefficient (Wildman–Crippen LogP) is 4.98. The first-order valence-electron chi connectivity index (χ1n) is 13.2. The maximum atomic E-state index is 13.5. The zero-order valence-electron chi connectivity index (χ0n) is 22.5. The first-order chi connectivity index (χ1) is 18.0. The molecule has 1 heterocycles. The molecule has 0 radical (unpaired) electrons. The van der Waals surface area contributed by atoms with Gasteiger partial charge in [-0.25, -0.2) is 0 Å². The predicted molar refractivity (Wildman–Crippen MR) is 151 cm³/mol. The monoisotopic (exact) mass is 541 g/mol. The molecule has 0 unspecified atom stereocenters. The van der Waals surface area contributed by atoms with Crippen molar-refractivity contribution in [1.29, 1.82) is 0 Å². The van der Waals surface area contributed by atoms with Gasteiger partial charge in [-0.3, -0.25) is 9.80 Å². The molecule has 204 valence electrons. The van der Waals surface area contributed by atoms with Gasteiger partial charge in [-0.15, -0.1) is 0 Å².